The van der Waals surface area contributed by atoms with Crippen LogP contribution in [-0.4, -0.2) is 70.0 Å². The first-order valence-corrected chi connectivity index (χ1v) is 16.5. The third kappa shape index (κ3) is 7.43. The Morgan fingerprint density at radius 2 is 1.52 bits per heavy atom. The van der Waals surface area contributed by atoms with Crippen molar-refractivity contribution in [3.05, 3.63) is 64.2 Å². The van der Waals surface area contributed by atoms with Crippen molar-refractivity contribution in [2.24, 2.45) is 0 Å². The van der Waals surface area contributed by atoms with Gasteiger partial charge in [0.05, 0.1) is 20.3 Å². The zero-order valence-electron chi connectivity index (χ0n) is 26.9. The molecule has 0 aromatic heterocycles. The molecule has 4 rings (SSSR count). The molecule has 8 nitrogen and oxygen atoms in total. The molecule has 2 heterocycles. The molecule has 44 heavy (non-hydrogen) atoms. The van der Waals surface area contributed by atoms with Crippen LogP contribution in [0, 0.1) is 0 Å². The summed E-state index contributed by atoms with van der Waals surface area (Å²) in [6.07, 6.45) is 3.84. The zero-order valence-corrected chi connectivity index (χ0v) is 27.7. The second-order valence-corrected chi connectivity index (χ2v) is 11.9. The third-order valence-electron chi connectivity index (χ3n) is 8.27. The van der Waals surface area contributed by atoms with Crippen molar-refractivity contribution < 1.29 is 38.0 Å². The van der Waals surface area contributed by atoms with E-state index in [4.69, 9.17) is 44.8 Å². The van der Waals surface area contributed by atoms with E-state index in [1.165, 1.54) is 7.11 Å². The van der Waals surface area contributed by atoms with Crippen molar-refractivity contribution >= 4 is 17.6 Å². The molecule has 0 aliphatic carbocycles. The van der Waals surface area contributed by atoms with E-state index in [2.05, 4.69) is 20.8 Å². The van der Waals surface area contributed by atoms with Gasteiger partial charge in [0, 0.05) is 30.4 Å². The monoisotopic (exact) mass is 632 g/mol. The number of hydrogen-bond acceptors (Lipinski definition) is 8. The number of ether oxygens (including phenoxy) is 7. The number of unbranched alkanes of at least 4 members (excludes halogenated alkanes) is 3. The molecule has 0 radical (unpaired) electrons. The number of esters is 1. The largest absolute Gasteiger partial charge is 0.494 e. The Hall–Kier alpha value is -2.20. The van der Waals surface area contributed by atoms with Gasteiger partial charge in [-0.1, -0.05) is 69.8 Å². The first kappa shape index (κ1) is 34.7. The Kier molecular flexibility index (Phi) is 12.9. The molecule has 5 atom stereocenters. The van der Waals surface area contributed by atoms with Crippen LogP contribution in [0.5, 0.6) is 5.75 Å². The molecule has 0 amide bonds. The number of carbonyl (C=O) groups is 1. The van der Waals surface area contributed by atoms with Crippen molar-refractivity contribution in [3.8, 4) is 5.75 Å². The van der Waals surface area contributed by atoms with Crippen molar-refractivity contribution in [1.29, 1.82) is 0 Å². The summed E-state index contributed by atoms with van der Waals surface area (Å²) < 4.78 is 44.0. The lowest BCUT2D eigenvalue weighted by molar-refractivity contribution is -0.341. The number of benzene rings is 2. The molecule has 9 heteroatoms. The number of carbonyl (C=O) groups excluding carboxylic acids is 1. The summed E-state index contributed by atoms with van der Waals surface area (Å²) in [5.41, 5.74) is 1.14. The van der Waals surface area contributed by atoms with E-state index in [0.29, 0.717) is 43.4 Å². The lowest BCUT2D eigenvalue weighted by Crippen LogP contribution is -2.69. The molecular formula is C35H49ClO8. The van der Waals surface area contributed by atoms with Gasteiger partial charge in [0.15, 0.2) is 0 Å². The number of methoxy groups -OCH3 is 1. The summed E-state index contributed by atoms with van der Waals surface area (Å²) in [5.74, 6) is -1.18. The summed E-state index contributed by atoms with van der Waals surface area (Å²) in [6, 6.07) is 13.7. The minimum atomic E-state index is -1.53. The van der Waals surface area contributed by atoms with Crippen LogP contribution in [0.2, 0.25) is 5.02 Å². The van der Waals surface area contributed by atoms with Gasteiger partial charge in [-0.3, -0.25) is 0 Å². The van der Waals surface area contributed by atoms with Gasteiger partial charge in [-0.2, -0.15) is 0 Å². The predicted molar refractivity (Wildman–Crippen MR) is 169 cm³/mol. The fourth-order valence-corrected chi connectivity index (χ4v) is 6.04. The second kappa shape index (κ2) is 16.4. The lowest BCUT2D eigenvalue weighted by Gasteiger charge is -2.49. The molecule has 2 aliphatic heterocycles. The maximum Gasteiger partial charge on any atom is 0.343 e. The van der Waals surface area contributed by atoms with Gasteiger partial charge in [-0.15, -0.1) is 0 Å². The predicted octanol–water partition coefficient (Wildman–Crippen LogP) is 7.01. The number of rotatable bonds is 18. The van der Waals surface area contributed by atoms with E-state index in [9.17, 15) is 4.79 Å². The standard InChI is InChI=1S/C35H49ClO8/c1-6-10-19-40-30-31(41-20-11-7-2)34(33(37)38-5)24-43-35(44-34,32(30)42-21-12-8-3)27-15-18-29(36)26(23-27)22-25-13-16-28(17-14-25)39-9-4/h13-18,23,30-32H,6-12,19-22,24H2,1-5H3/t30-,31-,32+,34-,35-/m0/s1. The minimum Gasteiger partial charge on any atom is -0.494 e. The van der Waals surface area contributed by atoms with Gasteiger partial charge in [0.25, 0.3) is 0 Å². The molecule has 2 aromatic rings. The number of fused-ring (bicyclic) bond motifs is 2. The molecular weight excluding hydrogens is 584 g/mol. The Labute approximate surface area is 267 Å². The first-order valence-electron chi connectivity index (χ1n) is 16.2. The number of hydrogen-bond donors (Lipinski definition) is 0. The molecule has 2 aromatic carbocycles. The smallest absolute Gasteiger partial charge is 0.343 e. The van der Waals surface area contributed by atoms with Crippen molar-refractivity contribution in [2.45, 2.75) is 102 Å². The van der Waals surface area contributed by atoms with Crippen LogP contribution in [-0.2, 0) is 45.4 Å². The van der Waals surface area contributed by atoms with Crippen LogP contribution in [0.4, 0.5) is 0 Å². The molecule has 2 saturated heterocycles. The Morgan fingerprint density at radius 1 is 0.886 bits per heavy atom. The quantitative estimate of drug-likeness (QED) is 0.128. The third-order valence-corrected chi connectivity index (χ3v) is 8.64. The van der Waals surface area contributed by atoms with E-state index < -0.39 is 35.7 Å². The molecule has 0 N–H and O–H groups in total. The topological polar surface area (TPSA) is 81.7 Å². The molecule has 244 valence electrons. The van der Waals surface area contributed by atoms with Gasteiger partial charge < -0.3 is 33.2 Å². The molecule has 2 fully saturated rings. The zero-order chi connectivity index (χ0) is 31.6. The van der Waals surface area contributed by atoms with Gasteiger partial charge in [0.1, 0.15) is 24.1 Å². The molecule has 0 spiro atoms. The summed E-state index contributed by atoms with van der Waals surface area (Å²) in [5, 5.41) is 0.618. The highest BCUT2D eigenvalue weighted by Gasteiger charge is 2.72. The van der Waals surface area contributed by atoms with E-state index in [1.54, 1.807) is 0 Å². The summed E-state index contributed by atoms with van der Waals surface area (Å²) in [6.45, 7) is 10.2. The highest BCUT2D eigenvalue weighted by Crippen LogP contribution is 2.53. The van der Waals surface area contributed by atoms with Crippen molar-refractivity contribution in [3.63, 3.8) is 0 Å². The fraction of sp³-hybridized carbons (Fsp3) is 0.629. The molecule has 0 saturated carbocycles. The molecule has 0 unspecified atom stereocenters. The maximum atomic E-state index is 13.6. The highest BCUT2D eigenvalue weighted by molar-refractivity contribution is 6.31. The van der Waals surface area contributed by atoms with Crippen LogP contribution in [0.1, 0.15) is 82.9 Å². The van der Waals surface area contributed by atoms with E-state index >= 15 is 0 Å². The Morgan fingerprint density at radius 3 is 2.14 bits per heavy atom. The fourth-order valence-electron chi connectivity index (χ4n) is 5.86. The van der Waals surface area contributed by atoms with Gasteiger partial charge in [-0.05, 0) is 68.0 Å². The van der Waals surface area contributed by atoms with Gasteiger partial charge >= 0.3 is 5.97 Å². The second-order valence-electron chi connectivity index (χ2n) is 11.5. The van der Waals surface area contributed by atoms with Crippen molar-refractivity contribution in [2.75, 3.05) is 40.1 Å². The van der Waals surface area contributed by atoms with E-state index in [-0.39, 0.29) is 6.61 Å². The average molecular weight is 633 g/mol. The molecule has 2 aliphatic rings. The van der Waals surface area contributed by atoms with Crippen LogP contribution < -0.4 is 4.74 Å². The summed E-state index contributed by atoms with van der Waals surface area (Å²) >= 11 is 6.75. The van der Waals surface area contributed by atoms with E-state index in [0.717, 1.165) is 55.4 Å². The lowest BCUT2D eigenvalue weighted by atomic mass is 9.82. The Bertz CT molecular complexity index is 1190. The van der Waals surface area contributed by atoms with E-state index in [1.807, 2.05) is 49.4 Å². The highest BCUT2D eigenvalue weighted by atomic mass is 35.5. The Balaban J connectivity index is 1.78. The van der Waals surface area contributed by atoms with Crippen LogP contribution in [0.25, 0.3) is 0 Å². The first-order chi connectivity index (χ1) is 21.4. The van der Waals surface area contributed by atoms with Crippen molar-refractivity contribution in [1.82, 2.24) is 0 Å². The normalized spacial score (nSPS) is 26.1. The van der Waals surface area contributed by atoms with Crippen LogP contribution in [0.15, 0.2) is 42.5 Å². The molecule has 2 bridgehead atoms. The SMILES string of the molecule is CCCCO[C@@H]1[C@@H](OCCCC)[C@@]2(c3ccc(Cl)c(Cc4ccc(OCC)cc4)c3)OC[C@](C(=O)OC)(O2)[C@H]1OCCCC. The maximum absolute atomic E-state index is 13.6. The average Bonchev–Trinajstić information content (AvgIpc) is 3.40. The minimum absolute atomic E-state index is 0.0609. The number of halogens is 1. The summed E-state index contributed by atoms with van der Waals surface area (Å²) in [4.78, 5) is 13.6. The summed E-state index contributed by atoms with van der Waals surface area (Å²) in [7, 11) is 1.36. The van der Waals surface area contributed by atoms with Gasteiger partial charge in [0.2, 0.25) is 11.4 Å². The van der Waals surface area contributed by atoms with Crippen LogP contribution in [0.3, 0.4) is 0 Å². The van der Waals surface area contributed by atoms with Crippen LogP contribution >= 0.6 is 11.6 Å². The van der Waals surface area contributed by atoms with Gasteiger partial charge in [-0.25, -0.2) is 4.79 Å².